The van der Waals surface area contributed by atoms with E-state index < -0.39 is 0 Å². The number of benzene rings is 1. The second-order valence-electron chi connectivity index (χ2n) is 4.51. The van der Waals surface area contributed by atoms with Crippen molar-refractivity contribution in [2.24, 2.45) is 0 Å². The van der Waals surface area contributed by atoms with E-state index in [0.717, 1.165) is 29.3 Å². The van der Waals surface area contributed by atoms with Gasteiger partial charge in [-0.25, -0.2) is 0 Å². The van der Waals surface area contributed by atoms with Gasteiger partial charge in [-0.3, -0.25) is 0 Å². The number of halogens is 2. The SMILES string of the molecule is OCCCc1cn(CCCO)c2c(Cl)c(Cl)ccc12. The largest absolute Gasteiger partial charge is 0.396 e. The molecular weight excluding hydrogens is 285 g/mol. The van der Waals surface area contributed by atoms with Gasteiger partial charge in [0.05, 0.1) is 15.6 Å². The van der Waals surface area contributed by atoms with E-state index in [1.165, 1.54) is 0 Å². The lowest BCUT2D eigenvalue weighted by atomic mass is 10.1. The normalized spacial score (nSPS) is 11.4. The van der Waals surface area contributed by atoms with Gasteiger partial charge in [-0.2, -0.15) is 0 Å². The molecule has 5 heteroatoms. The fourth-order valence-electron chi connectivity index (χ4n) is 2.29. The van der Waals surface area contributed by atoms with Crippen LogP contribution in [-0.4, -0.2) is 28.0 Å². The standard InChI is InChI=1S/C14H17Cl2NO2/c15-12-5-4-11-10(3-1-7-18)9-17(6-2-8-19)14(11)13(12)16/h4-5,9,18-19H,1-3,6-8H2. The topological polar surface area (TPSA) is 45.4 Å². The highest BCUT2D eigenvalue weighted by atomic mass is 35.5. The van der Waals surface area contributed by atoms with Crippen LogP contribution >= 0.6 is 23.2 Å². The molecule has 19 heavy (non-hydrogen) atoms. The molecule has 0 spiro atoms. The van der Waals surface area contributed by atoms with Gasteiger partial charge in [-0.15, -0.1) is 0 Å². The summed E-state index contributed by atoms with van der Waals surface area (Å²) in [5.74, 6) is 0. The number of aromatic nitrogens is 1. The highest BCUT2D eigenvalue weighted by Gasteiger charge is 2.13. The van der Waals surface area contributed by atoms with E-state index in [-0.39, 0.29) is 13.2 Å². The molecule has 0 aliphatic carbocycles. The molecule has 2 N–H and O–H groups in total. The molecule has 0 aliphatic rings. The number of rotatable bonds is 6. The Labute approximate surface area is 122 Å². The summed E-state index contributed by atoms with van der Waals surface area (Å²) < 4.78 is 2.03. The molecule has 2 aromatic rings. The Morgan fingerprint density at radius 3 is 2.47 bits per heavy atom. The van der Waals surface area contributed by atoms with Crippen LogP contribution in [0.15, 0.2) is 18.3 Å². The molecule has 0 saturated heterocycles. The van der Waals surface area contributed by atoms with Gasteiger partial charge < -0.3 is 14.8 Å². The van der Waals surface area contributed by atoms with Crippen molar-refractivity contribution in [1.29, 1.82) is 0 Å². The Hall–Kier alpha value is -0.740. The molecule has 0 saturated carbocycles. The lowest BCUT2D eigenvalue weighted by molar-refractivity contribution is 0.280. The van der Waals surface area contributed by atoms with E-state index in [9.17, 15) is 0 Å². The molecule has 2 rings (SSSR count). The predicted octanol–water partition coefficient (Wildman–Crippen LogP) is 3.26. The second kappa shape index (κ2) is 6.62. The summed E-state index contributed by atoms with van der Waals surface area (Å²) in [6.45, 7) is 1.01. The van der Waals surface area contributed by atoms with Crippen LogP contribution in [0.1, 0.15) is 18.4 Å². The number of hydrogen-bond acceptors (Lipinski definition) is 2. The van der Waals surface area contributed by atoms with Crippen LogP contribution < -0.4 is 0 Å². The molecule has 0 atom stereocenters. The van der Waals surface area contributed by atoms with Crippen LogP contribution in [0.4, 0.5) is 0 Å². The first-order chi connectivity index (χ1) is 9.19. The second-order valence-corrected chi connectivity index (χ2v) is 5.29. The van der Waals surface area contributed by atoms with E-state index in [2.05, 4.69) is 0 Å². The van der Waals surface area contributed by atoms with Gasteiger partial charge in [0, 0.05) is 31.3 Å². The molecular formula is C14H17Cl2NO2. The molecule has 0 aliphatic heterocycles. The molecule has 3 nitrogen and oxygen atoms in total. The van der Waals surface area contributed by atoms with E-state index in [0.29, 0.717) is 23.0 Å². The van der Waals surface area contributed by atoms with E-state index in [1.54, 1.807) is 6.07 Å². The van der Waals surface area contributed by atoms with Crippen molar-refractivity contribution in [3.63, 3.8) is 0 Å². The summed E-state index contributed by atoms with van der Waals surface area (Å²) in [6, 6.07) is 3.76. The van der Waals surface area contributed by atoms with Crippen LogP contribution in [-0.2, 0) is 13.0 Å². The van der Waals surface area contributed by atoms with Gasteiger partial charge in [0.2, 0.25) is 0 Å². The fourth-order valence-corrected chi connectivity index (χ4v) is 2.71. The van der Waals surface area contributed by atoms with Crippen molar-refractivity contribution in [1.82, 2.24) is 4.57 Å². The van der Waals surface area contributed by atoms with Crippen LogP contribution in [0.2, 0.25) is 10.0 Å². The Bertz CT molecular complexity index is 566. The maximum absolute atomic E-state index is 8.97. The zero-order valence-electron chi connectivity index (χ0n) is 10.6. The molecule has 0 unspecified atom stereocenters. The first-order valence-electron chi connectivity index (χ1n) is 6.36. The number of fused-ring (bicyclic) bond motifs is 1. The van der Waals surface area contributed by atoms with Gasteiger partial charge in [0.1, 0.15) is 0 Å². The highest BCUT2D eigenvalue weighted by Crippen LogP contribution is 2.34. The summed E-state index contributed by atoms with van der Waals surface area (Å²) in [5.41, 5.74) is 2.07. The minimum absolute atomic E-state index is 0.143. The summed E-state index contributed by atoms with van der Waals surface area (Å²) in [5, 5.41) is 20.1. The van der Waals surface area contributed by atoms with Crippen molar-refractivity contribution in [2.45, 2.75) is 25.8 Å². The van der Waals surface area contributed by atoms with E-state index in [4.69, 9.17) is 33.4 Å². The zero-order chi connectivity index (χ0) is 13.8. The molecule has 104 valence electrons. The molecule has 1 heterocycles. The lowest BCUT2D eigenvalue weighted by Crippen LogP contribution is -1.98. The predicted molar refractivity (Wildman–Crippen MR) is 79.1 cm³/mol. The van der Waals surface area contributed by atoms with Crippen LogP contribution in [0.25, 0.3) is 10.9 Å². The fraction of sp³-hybridized carbons (Fsp3) is 0.429. The number of aryl methyl sites for hydroxylation is 2. The van der Waals surface area contributed by atoms with Gasteiger partial charge in [-0.05, 0) is 30.9 Å². The summed E-state index contributed by atoms with van der Waals surface area (Å²) in [6.07, 6.45) is 4.24. The molecule has 0 amide bonds. The first-order valence-corrected chi connectivity index (χ1v) is 7.12. The maximum atomic E-state index is 8.97. The Balaban J connectivity index is 2.49. The summed E-state index contributed by atoms with van der Waals surface area (Å²) >= 11 is 12.4. The Morgan fingerprint density at radius 1 is 1.05 bits per heavy atom. The van der Waals surface area contributed by atoms with Crippen LogP contribution in [0, 0.1) is 0 Å². The number of aliphatic hydroxyl groups excluding tert-OH is 2. The number of aliphatic hydroxyl groups is 2. The molecule has 0 bridgehead atoms. The minimum atomic E-state index is 0.143. The zero-order valence-corrected chi connectivity index (χ0v) is 12.1. The molecule has 0 radical (unpaired) electrons. The van der Waals surface area contributed by atoms with E-state index in [1.807, 2.05) is 16.8 Å². The van der Waals surface area contributed by atoms with Gasteiger partial charge in [0.25, 0.3) is 0 Å². The average molecular weight is 302 g/mol. The van der Waals surface area contributed by atoms with E-state index >= 15 is 0 Å². The molecule has 1 aromatic heterocycles. The van der Waals surface area contributed by atoms with Gasteiger partial charge >= 0.3 is 0 Å². The maximum Gasteiger partial charge on any atom is 0.0835 e. The van der Waals surface area contributed by atoms with Crippen molar-refractivity contribution in [2.75, 3.05) is 13.2 Å². The van der Waals surface area contributed by atoms with Crippen molar-refractivity contribution in [3.05, 3.63) is 33.9 Å². The van der Waals surface area contributed by atoms with Crippen molar-refractivity contribution < 1.29 is 10.2 Å². The highest BCUT2D eigenvalue weighted by molar-refractivity contribution is 6.45. The van der Waals surface area contributed by atoms with Gasteiger partial charge in [0.15, 0.2) is 0 Å². The molecule has 1 aromatic carbocycles. The Kier molecular flexibility index (Phi) is 5.11. The third kappa shape index (κ3) is 3.06. The first kappa shape index (κ1) is 14.7. The van der Waals surface area contributed by atoms with Crippen LogP contribution in [0.5, 0.6) is 0 Å². The van der Waals surface area contributed by atoms with Crippen molar-refractivity contribution >= 4 is 34.1 Å². The monoisotopic (exact) mass is 301 g/mol. The summed E-state index contributed by atoms with van der Waals surface area (Å²) in [4.78, 5) is 0. The third-order valence-corrected chi connectivity index (χ3v) is 3.97. The van der Waals surface area contributed by atoms with Crippen LogP contribution in [0.3, 0.4) is 0 Å². The number of nitrogens with zero attached hydrogens (tertiary/aromatic N) is 1. The minimum Gasteiger partial charge on any atom is -0.396 e. The van der Waals surface area contributed by atoms with Crippen molar-refractivity contribution in [3.8, 4) is 0 Å². The van der Waals surface area contributed by atoms with Gasteiger partial charge in [-0.1, -0.05) is 29.3 Å². The third-order valence-electron chi connectivity index (χ3n) is 3.18. The lowest BCUT2D eigenvalue weighted by Gasteiger charge is -2.06. The Morgan fingerprint density at radius 2 is 1.79 bits per heavy atom. The average Bonchev–Trinajstić information content (AvgIpc) is 2.77. The molecule has 0 fully saturated rings. The smallest absolute Gasteiger partial charge is 0.0835 e. The summed E-state index contributed by atoms with van der Waals surface area (Å²) in [7, 11) is 0. The quantitative estimate of drug-likeness (QED) is 0.860. The number of hydrogen-bond donors (Lipinski definition) is 2.